The second-order valence-corrected chi connectivity index (χ2v) is 9.95. The van der Waals surface area contributed by atoms with E-state index in [0.717, 1.165) is 21.5 Å². The number of anilines is 1. The van der Waals surface area contributed by atoms with Gasteiger partial charge in [-0.1, -0.05) is 66.7 Å². The fourth-order valence-electron chi connectivity index (χ4n) is 3.84. The van der Waals surface area contributed by atoms with Gasteiger partial charge in [0.15, 0.2) is 0 Å². The molecule has 14 heteroatoms. The number of aromatic nitrogens is 3. The summed E-state index contributed by atoms with van der Waals surface area (Å²) in [7, 11) is -1.80. The molecule has 0 fully saturated rings. The quantitative estimate of drug-likeness (QED) is 0.0624. The van der Waals surface area contributed by atoms with E-state index in [0.29, 0.717) is 11.3 Å². The van der Waals surface area contributed by atoms with E-state index < -0.39 is 17.0 Å². The highest BCUT2D eigenvalue weighted by atomic mass is 79.9. The molecule has 0 saturated heterocycles. The lowest BCUT2D eigenvalue weighted by molar-refractivity contribution is -0.384. The number of rotatable bonds is 5. The first-order valence-corrected chi connectivity index (χ1v) is 14.5. The van der Waals surface area contributed by atoms with Gasteiger partial charge in [0.05, 0.1) is 32.3 Å². The lowest BCUT2D eigenvalue weighted by atomic mass is 9.79. The fraction of sp³-hybridized carbons (Fsp3) is 0. The molecule has 6 rings (SSSR count). The predicted molar refractivity (Wildman–Crippen MR) is 185 cm³/mol. The molecule has 6 aromatic rings. The van der Waals surface area contributed by atoms with Crippen molar-refractivity contribution in [2.24, 2.45) is 0 Å². The van der Waals surface area contributed by atoms with Crippen LogP contribution in [-0.2, 0) is 0 Å². The second kappa shape index (κ2) is 18.9. The Morgan fingerprint density at radius 3 is 1.45 bits per heavy atom. The number of nitro benzene ring substituents is 2. The predicted octanol–water partition coefficient (Wildman–Crippen LogP) is 6.11. The van der Waals surface area contributed by atoms with Crippen molar-refractivity contribution in [1.82, 2.24) is 15.0 Å². The summed E-state index contributed by atoms with van der Waals surface area (Å²) < 4.78 is 0.884. The Labute approximate surface area is 278 Å². The zero-order valence-electron chi connectivity index (χ0n) is 24.7. The summed E-state index contributed by atoms with van der Waals surface area (Å²) in [6.07, 6.45) is 5.12. The Morgan fingerprint density at radius 1 is 0.574 bits per heavy atom. The lowest BCUT2D eigenvalue weighted by Gasteiger charge is -2.02. The van der Waals surface area contributed by atoms with Gasteiger partial charge in [0, 0.05) is 42.0 Å². The van der Waals surface area contributed by atoms with Crippen LogP contribution in [0.3, 0.4) is 0 Å². The zero-order chi connectivity index (χ0) is 34.0. The van der Waals surface area contributed by atoms with Gasteiger partial charge in [0.25, 0.3) is 11.4 Å². The van der Waals surface area contributed by atoms with E-state index in [4.69, 9.17) is 15.8 Å². The van der Waals surface area contributed by atoms with Gasteiger partial charge in [-0.15, -0.1) is 0 Å². The highest BCUT2D eigenvalue weighted by Crippen LogP contribution is 2.27. The molecule has 0 radical (unpaired) electrons. The van der Waals surface area contributed by atoms with Crippen molar-refractivity contribution < 1.29 is 19.9 Å². The summed E-state index contributed by atoms with van der Waals surface area (Å²) in [5, 5.41) is 38.5. The van der Waals surface area contributed by atoms with Crippen LogP contribution in [-0.4, -0.2) is 42.0 Å². The van der Waals surface area contributed by atoms with Crippen LogP contribution in [0.15, 0.2) is 151 Å². The average Bonchev–Trinajstić information content (AvgIpc) is 3.10. The van der Waals surface area contributed by atoms with Crippen LogP contribution < -0.4 is 11.2 Å². The van der Waals surface area contributed by atoms with Gasteiger partial charge in [-0.2, -0.15) is 0 Å². The van der Waals surface area contributed by atoms with E-state index >= 15 is 0 Å². The number of benzene rings is 3. The van der Waals surface area contributed by atoms with Crippen molar-refractivity contribution in [1.29, 1.82) is 0 Å². The first-order chi connectivity index (χ1) is 22.7. The summed E-state index contributed by atoms with van der Waals surface area (Å²) >= 11 is 3.20. The summed E-state index contributed by atoms with van der Waals surface area (Å²) in [5.41, 5.74) is 9.34. The number of pyridine rings is 3. The molecule has 12 nitrogen and oxygen atoms in total. The summed E-state index contributed by atoms with van der Waals surface area (Å²) in [6, 6.07) is 36.6. The van der Waals surface area contributed by atoms with Crippen molar-refractivity contribution in [3.8, 4) is 22.5 Å². The summed E-state index contributed by atoms with van der Waals surface area (Å²) in [6.45, 7) is 0. The first-order valence-electron chi connectivity index (χ1n) is 13.8. The van der Waals surface area contributed by atoms with Crippen molar-refractivity contribution in [2.45, 2.75) is 0 Å². The standard InChI is InChI=1S/C11H8N2O2.C11H10N2.C6H6BNO4.C5H4BrN/c14-13(15)11-7-2-1-5-9(11)10-6-3-4-8-12-10;12-10-6-2-1-5-9(10)11-7-3-4-8-13-11;9-7(10)5-3-1-2-4-6(5)8(11)12;6-5-3-1-2-4-7-5/h1-8H;1-8H,12H2;1-4,9-10H;1-4H. The monoisotopic (exact) mass is 694 g/mol. The zero-order valence-corrected chi connectivity index (χ0v) is 26.2. The van der Waals surface area contributed by atoms with Crippen LogP contribution in [0.2, 0.25) is 0 Å². The second-order valence-electron chi connectivity index (χ2n) is 9.13. The number of hydrogen-bond acceptors (Lipinski definition) is 10. The third-order valence-corrected chi connectivity index (χ3v) is 6.45. The van der Waals surface area contributed by atoms with Gasteiger partial charge in [0.1, 0.15) is 4.60 Å². The molecule has 236 valence electrons. The molecule has 0 amide bonds. The number of nitrogens with two attached hydrogens (primary N) is 1. The van der Waals surface area contributed by atoms with Gasteiger partial charge in [0.2, 0.25) is 0 Å². The Balaban J connectivity index is 0.000000175. The molecule has 0 aliphatic carbocycles. The van der Waals surface area contributed by atoms with Crippen molar-refractivity contribution in [2.75, 3.05) is 5.73 Å². The number of hydrogen-bond donors (Lipinski definition) is 3. The minimum atomic E-state index is -1.80. The largest absolute Gasteiger partial charge is 0.495 e. The molecule has 3 heterocycles. The van der Waals surface area contributed by atoms with Crippen molar-refractivity contribution in [3.63, 3.8) is 0 Å². The maximum atomic E-state index is 10.8. The van der Waals surface area contributed by atoms with E-state index in [9.17, 15) is 20.2 Å². The Hall–Kier alpha value is -5.83. The molecule has 3 aromatic carbocycles. The molecule has 4 N–H and O–H groups in total. The maximum absolute atomic E-state index is 10.8. The molecule has 0 saturated carbocycles. The molecule has 0 unspecified atom stereocenters. The molecular formula is C33H28BBrN6O6. The summed E-state index contributed by atoms with van der Waals surface area (Å²) in [5.74, 6) is 0. The van der Waals surface area contributed by atoms with E-state index in [-0.39, 0.29) is 16.8 Å². The molecule has 47 heavy (non-hydrogen) atoms. The fourth-order valence-corrected chi connectivity index (χ4v) is 4.11. The molecule has 0 atom stereocenters. The number of nitro groups is 2. The lowest BCUT2D eigenvalue weighted by Crippen LogP contribution is -2.31. The summed E-state index contributed by atoms with van der Waals surface area (Å²) in [4.78, 5) is 32.2. The third kappa shape index (κ3) is 11.6. The number of halogens is 1. The number of para-hydroxylation sites is 3. The van der Waals surface area contributed by atoms with Crippen LogP contribution in [0.5, 0.6) is 0 Å². The number of nitrogen functional groups attached to an aromatic ring is 1. The van der Waals surface area contributed by atoms with Gasteiger partial charge in [-0.25, -0.2) is 4.98 Å². The van der Waals surface area contributed by atoms with Gasteiger partial charge < -0.3 is 15.8 Å². The highest BCUT2D eigenvalue weighted by molar-refractivity contribution is 9.10. The van der Waals surface area contributed by atoms with Crippen LogP contribution in [0.25, 0.3) is 22.5 Å². The third-order valence-electron chi connectivity index (χ3n) is 5.98. The Kier molecular flexibility index (Phi) is 14.3. The molecule has 0 spiro atoms. The maximum Gasteiger partial charge on any atom is 0.495 e. The normalized spacial score (nSPS) is 9.60. The Morgan fingerprint density at radius 2 is 1.02 bits per heavy atom. The van der Waals surface area contributed by atoms with Gasteiger partial charge in [-0.3, -0.25) is 30.2 Å². The van der Waals surface area contributed by atoms with Crippen molar-refractivity contribution >= 4 is 45.6 Å². The first kappa shape index (κ1) is 35.7. The highest BCUT2D eigenvalue weighted by Gasteiger charge is 2.22. The van der Waals surface area contributed by atoms with Crippen molar-refractivity contribution in [3.05, 3.63) is 171 Å². The van der Waals surface area contributed by atoms with Crippen LogP contribution in [0.1, 0.15) is 0 Å². The minimum absolute atomic E-state index is 0.0798. The Bertz CT molecular complexity index is 1860. The molecular weight excluding hydrogens is 667 g/mol. The molecule has 0 bridgehead atoms. The van der Waals surface area contributed by atoms with Gasteiger partial charge >= 0.3 is 7.12 Å². The van der Waals surface area contributed by atoms with E-state index in [1.54, 1.807) is 55.0 Å². The molecule has 0 aliphatic rings. The minimum Gasteiger partial charge on any atom is -0.423 e. The van der Waals surface area contributed by atoms with Crippen LogP contribution >= 0.6 is 15.9 Å². The van der Waals surface area contributed by atoms with Crippen LogP contribution in [0, 0.1) is 20.2 Å². The molecule has 3 aromatic heterocycles. The van der Waals surface area contributed by atoms with E-state index in [1.807, 2.05) is 60.7 Å². The van der Waals surface area contributed by atoms with Crippen LogP contribution in [0.4, 0.5) is 17.1 Å². The van der Waals surface area contributed by atoms with Gasteiger partial charge in [-0.05, 0) is 64.5 Å². The molecule has 0 aliphatic heterocycles. The average molecular weight is 695 g/mol. The van der Waals surface area contributed by atoms with E-state index in [2.05, 4.69) is 30.9 Å². The topological polar surface area (TPSA) is 191 Å². The SMILES string of the molecule is Brc1ccccn1.Nc1ccccc1-c1ccccn1.O=[N+]([O-])c1ccccc1-c1ccccn1.O=[N+]([O-])c1ccccc1B(O)O. The van der Waals surface area contributed by atoms with E-state index in [1.165, 1.54) is 30.3 Å². The smallest absolute Gasteiger partial charge is 0.423 e. The number of nitrogens with zero attached hydrogens (tertiary/aromatic N) is 5.